The molecule has 0 radical (unpaired) electrons. The van der Waals surface area contributed by atoms with Crippen molar-refractivity contribution in [1.29, 1.82) is 0 Å². The first-order valence-electron chi connectivity index (χ1n) is 6.29. The van der Waals surface area contributed by atoms with Crippen LogP contribution in [0.3, 0.4) is 0 Å². The summed E-state index contributed by atoms with van der Waals surface area (Å²) in [6.07, 6.45) is 0.869. The summed E-state index contributed by atoms with van der Waals surface area (Å²) < 4.78 is 2.01. The Morgan fingerprint density at radius 3 is 2.58 bits per heavy atom. The van der Waals surface area contributed by atoms with Crippen LogP contribution in [0.2, 0.25) is 0 Å². The van der Waals surface area contributed by atoms with Gasteiger partial charge >= 0.3 is 5.82 Å². The third kappa shape index (κ3) is 2.15. The summed E-state index contributed by atoms with van der Waals surface area (Å²) in [4.78, 5) is 14.3. The van der Waals surface area contributed by atoms with Crippen LogP contribution in [0, 0.1) is 6.92 Å². The summed E-state index contributed by atoms with van der Waals surface area (Å²) in [6, 6.07) is 16.3. The number of aromatic nitrogens is 2. The molecule has 0 spiro atoms. The molecule has 3 nitrogen and oxygen atoms in total. The molecule has 0 aliphatic rings. The van der Waals surface area contributed by atoms with Crippen LogP contribution in [0.5, 0.6) is 0 Å². The number of hydrogen-bond donors (Lipinski definition) is 1. The van der Waals surface area contributed by atoms with Crippen molar-refractivity contribution in [3.05, 3.63) is 65.5 Å². The summed E-state index contributed by atoms with van der Waals surface area (Å²) in [5.74, 6) is 0.599. The fraction of sp³-hybridized carbons (Fsp3) is 0.125. The van der Waals surface area contributed by atoms with Crippen molar-refractivity contribution in [3.8, 4) is 0 Å². The molecule has 1 aromatic heterocycles. The normalized spacial score (nSPS) is 10.8. The van der Waals surface area contributed by atoms with Crippen LogP contribution in [0.15, 0.2) is 48.5 Å². The lowest BCUT2D eigenvalue weighted by molar-refractivity contribution is -0.663. The van der Waals surface area contributed by atoms with Crippen LogP contribution >= 0.6 is 0 Å². The number of nitrogens with zero attached hydrogens (tertiary/aromatic N) is 1. The minimum atomic E-state index is 0.599. The van der Waals surface area contributed by atoms with E-state index in [1.54, 1.807) is 0 Å². The number of hydrogen-bond acceptors (Lipinski definition) is 1. The molecule has 0 aliphatic heterocycles. The van der Waals surface area contributed by atoms with E-state index in [-0.39, 0.29) is 0 Å². The fourth-order valence-corrected chi connectivity index (χ4v) is 2.29. The van der Waals surface area contributed by atoms with Crippen molar-refractivity contribution < 1.29 is 9.36 Å². The van der Waals surface area contributed by atoms with Gasteiger partial charge < -0.3 is 0 Å². The smallest absolute Gasteiger partial charge is 0.289 e. The fourth-order valence-electron chi connectivity index (χ4n) is 2.29. The molecular formula is C16H15N2O+. The van der Waals surface area contributed by atoms with Gasteiger partial charge in [-0.25, -0.2) is 9.55 Å². The van der Waals surface area contributed by atoms with Crippen LogP contribution in [0.25, 0.3) is 11.0 Å². The molecule has 3 rings (SSSR count). The number of nitrogens with one attached hydrogen (secondary N) is 1. The van der Waals surface area contributed by atoms with Crippen molar-refractivity contribution in [2.75, 3.05) is 0 Å². The summed E-state index contributed by atoms with van der Waals surface area (Å²) in [5.41, 5.74) is 4.45. The first-order valence-corrected chi connectivity index (χ1v) is 6.29. The number of carbonyl (C=O) groups is 1. The molecule has 1 N–H and O–H groups in total. The average Bonchev–Trinajstić information content (AvgIpc) is 2.79. The number of aryl methyl sites for hydroxylation is 1. The van der Waals surface area contributed by atoms with E-state index >= 15 is 0 Å². The van der Waals surface area contributed by atoms with E-state index in [1.807, 2.05) is 28.8 Å². The minimum Gasteiger partial charge on any atom is -0.289 e. The van der Waals surface area contributed by atoms with Gasteiger partial charge in [-0.15, -0.1) is 0 Å². The SMILES string of the molecule is Cc1ccc(C[n+]2c(C=O)[nH]c3ccccc32)cc1. The second kappa shape index (κ2) is 4.69. The Bertz CT molecular complexity index is 726. The van der Waals surface area contributed by atoms with Gasteiger partial charge in [0.25, 0.3) is 0 Å². The molecule has 2 aromatic carbocycles. The predicted octanol–water partition coefficient (Wildman–Crippen LogP) is 2.62. The minimum absolute atomic E-state index is 0.599. The number of H-pyrrole nitrogens is 1. The first-order chi connectivity index (χ1) is 9.28. The molecule has 0 saturated heterocycles. The van der Waals surface area contributed by atoms with Crippen molar-refractivity contribution in [3.63, 3.8) is 0 Å². The van der Waals surface area contributed by atoms with Gasteiger partial charge in [0, 0.05) is 0 Å². The molecule has 94 valence electrons. The molecule has 0 atom stereocenters. The van der Waals surface area contributed by atoms with Crippen molar-refractivity contribution in [1.82, 2.24) is 4.98 Å². The molecule has 0 amide bonds. The van der Waals surface area contributed by atoms with Crippen molar-refractivity contribution >= 4 is 17.3 Å². The Hall–Kier alpha value is -2.42. The van der Waals surface area contributed by atoms with Gasteiger partial charge in [0.15, 0.2) is 11.0 Å². The van der Waals surface area contributed by atoms with Crippen molar-refractivity contribution in [2.24, 2.45) is 0 Å². The van der Waals surface area contributed by atoms with Gasteiger partial charge in [-0.3, -0.25) is 4.79 Å². The molecule has 0 unspecified atom stereocenters. The maximum absolute atomic E-state index is 11.2. The Balaban J connectivity index is 2.08. The first kappa shape index (κ1) is 11.7. The number of carbonyl (C=O) groups excluding carboxylic acids is 1. The highest BCUT2D eigenvalue weighted by atomic mass is 16.1. The average molecular weight is 251 g/mol. The molecule has 0 fully saturated rings. The van der Waals surface area contributed by atoms with Crippen LogP contribution < -0.4 is 4.57 Å². The van der Waals surface area contributed by atoms with Gasteiger partial charge in [-0.2, -0.15) is 0 Å². The van der Waals surface area contributed by atoms with E-state index in [4.69, 9.17) is 0 Å². The monoisotopic (exact) mass is 251 g/mol. The lowest BCUT2D eigenvalue weighted by Crippen LogP contribution is -2.37. The topological polar surface area (TPSA) is 36.7 Å². The number of para-hydroxylation sites is 2. The zero-order valence-corrected chi connectivity index (χ0v) is 10.8. The number of rotatable bonds is 3. The van der Waals surface area contributed by atoms with E-state index in [0.29, 0.717) is 12.4 Å². The lowest BCUT2D eigenvalue weighted by Gasteiger charge is -2.01. The van der Waals surface area contributed by atoms with E-state index in [0.717, 1.165) is 17.3 Å². The van der Waals surface area contributed by atoms with Crippen LogP contribution in [-0.2, 0) is 6.54 Å². The molecular weight excluding hydrogens is 236 g/mol. The molecule has 19 heavy (non-hydrogen) atoms. The number of benzene rings is 2. The Kier molecular flexibility index (Phi) is 2.88. The number of aldehydes is 1. The Labute approximate surface area is 111 Å². The van der Waals surface area contributed by atoms with Crippen LogP contribution in [0.1, 0.15) is 21.7 Å². The lowest BCUT2D eigenvalue weighted by atomic mass is 10.1. The standard InChI is InChI=1S/C16H14N2O/c1-12-6-8-13(9-7-12)10-18-15-5-3-2-4-14(15)17-16(18)11-19/h2-9,11H,10H2,1H3/p+1. The van der Waals surface area contributed by atoms with E-state index < -0.39 is 0 Å². The second-order valence-electron chi connectivity index (χ2n) is 4.72. The Morgan fingerprint density at radius 2 is 1.84 bits per heavy atom. The highest BCUT2D eigenvalue weighted by Gasteiger charge is 2.17. The largest absolute Gasteiger partial charge is 0.321 e. The third-order valence-electron chi connectivity index (χ3n) is 3.32. The molecule has 0 aliphatic carbocycles. The molecule has 3 aromatic rings. The zero-order valence-electron chi connectivity index (χ0n) is 10.8. The highest BCUT2D eigenvalue weighted by Crippen LogP contribution is 2.10. The summed E-state index contributed by atoms with van der Waals surface area (Å²) in [5, 5.41) is 0. The third-order valence-corrected chi connectivity index (χ3v) is 3.32. The van der Waals surface area contributed by atoms with Gasteiger partial charge in [0.1, 0.15) is 6.54 Å². The summed E-state index contributed by atoms with van der Waals surface area (Å²) in [6.45, 7) is 2.76. The number of aromatic amines is 1. The summed E-state index contributed by atoms with van der Waals surface area (Å²) >= 11 is 0. The number of fused-ring (bicyclic) bond motifs is 1. The van der Waals surface area contributed by atoms with Crippen molar-refractivity contribution in [2.45, 2.75) is 13.5 Å². The molecule has 3 heteroatoms. The van der Waals surface area contributed by atoms with Gasteiger partial charge in [0.2, 0.25) is 6.29 Å². The van der Waals surface area contributed by atoms with E-state index in [1.165, 1.54) is 11.1 Å². The molecule has 0 bridgehead atoms. The molecule has 1 heterocycles. The molecule has 0 saturated carbocycles. The maximum atomic E-state index is 11.2. The van der Waals surface area contributed by atoms with Crippen LogP contribution in [0.4, 0.5) is 0 Å². The highest BCUT2D eigenvalue weighted by molar-refractivity contribution is 5.77. The second-order valence-corrected chi connectivity index (χ2v) is 4.72. The Morgan fingerprint density at radius 1 is 1.11 bits per heavy atom. The summed E-state index contributed by atoms with van der Waals surface area (Å²) in [7, 11) is 0. The zero-order chi connectivity index (χ0) is 13.2. The van der Waals surface area contributed by atoms with Crippen LogP contribution in [-0.4, -0.2) is 11.3 Å². The predicted molar refractivity (Wildman–Crippen MR) is 74.2 cm³/mol. The van der Waals surface area contributed by atoms with Gasteiger partial charge in [0.05, 0.1) is 0 Å². The maximum Gasteiger partial charge on any atom is 0.321 e. The number of imidazole rings is 1. The van der Waals surface area contributed by atoms with E-state index in [9.17, 15) is 4.79 Å². The van der Waals surface area contributed by atoms with Gasteiger partial charge in [-0.05, 0) is 24.6 Å². The van der Waals surface area contributed by atoms with Gasteiger partial charge in [-0.1, -0.05) is 42.0 Å². The van der Waals surface area contributed by atoms with E-state index in [2.05, 4.69) is 36.2 Å². The quantitative estimate of drug-likeness (QED) is 0.564.